The van der Waals surface area contributed by atoms with E-state index in [4.69, 9.17) is 11.5 Å². The Hall–Kier alpha value is -4.20. The molecule has 2 rings (SSSR count). The van der Waals surface area contributed by atoms with Crippen LogP contribution in [0.2, 0.25) is 0 Å². The van der Waals surface area contributed by atoms with E-state index < -0.39 is 35.5 Å². The van der Waals surface area contributed by atoms with Crippen molar-refractivity contribution in [2.45, 2.75) is 0 Å². The Bertz CT molecular complexity index is 914. The van der Waals surface area contributed by atoms with E-state index in [0.717, 1.165) is 0 Å². The summed E-state index contributed by atoms with van der Waals surface area (Å²) in [6.45, 7) is 21.5. The van der Waals surface area contributed by atoms with Crippen molar-refractivity contribution in [3.05, 3.63) is 84.0 Å². The van der Waals surface area contributed by atoms with Crippen LogP contribution in [0.4, 0.5) is 0 Å². The minimum absolute atomic E-state index is 0.284. The normalized spacial score (nSPS) is 18.0. The zero-order valence-corrected chi connectivity index (χ0v) is 16.4. The first-order valence-electron chi connectivity index (χ1n) is 8.44. The van der Waals surface area contributed by atoms with Crippen LogP contribution < -0.4 is 11.5 Å². The lowest BCUT2D eigenvalue weighted by Gasteiger charge is -2.33. The molecule has 0 spiro atoms. The van der Waals surface area contributed by atoms with E-state index >= 15 is 0 Å². The van der Waals surface area contributed by atoms with Gasteiger partial charge in [0.15, 0.2) is 0 Å². The van der Waals surface area contributed by atoms with E-state index in [2.05, 4.69) is 49.7 Å². The van der Waals surface area contributed by atoms with Gasteiger partial charge in [0, 0.05) is 11.1 Å². The first-order chi connectivity index (χ1) is 14.0. The van der Waals surface area contributed by atoms with Gasteiger partial charge in [-0.05, 0) is 53.9 Å². The molecule has 0 aromatic heterocycles. The number of benzene rings is 1. The number of carbonyl (C=O) groups excluding carboxylic acids is 4. The molecule has 8 nitrogen and oxygen atoms in total. The van der Waals surface area contributed by atoms with Crippen molar-refractivity contribution < 1.29 is 19.2 Å². The van der Waals surface area contributed by atoms with Gasteiger partial charge in [-0.3, -0.25) is 19.2 Å². The maximum absolute atomic E-state index is 11.7. The number of rotatable bonds is 4. The molecule has 0 heterocycles. The molecule has 1 fully saturated rings. The van der Waals surface area contributed by atoms with Crippen LogP contribution in [0.5, 0.6) is 0 Å². The second-order valence-corrected chi connectivity index (χ2v) is 6.27. The van der Waals surface area contributed by atoms with Crippen molar-refractivity contribution in [1.29, 1.82) is 0 Å². The van der Waals surface area contributed by atoms with Crippen LogP contribution in [0.15, 0.2) is 82.9 Å². The molecule has 0 atom stereocenters. The third-order valence-electron chi connectivity index (χ3n) is 4.46. The average molecular weight is 406 g/mol. The highest BCUT2D eigenvalue weighted by Gasteiger charge is 2.40. The lowest BCUT2D eigenvalue weighted by Crippen LogP contribution is -2.31. The molecule has 0 aliphatic heterocycles. The van der Waals surface area contributed by atoms with Crippen molar-refractivity contribution in [1.82, 2.24) is 0 Å². The van der Waals surface area contributed by atoms with Crippen LogP contribution >= 0.6 is 0 Å². The Morgan fingerprint density at radius 1 is 0.700 bits per heavy atom. The van der Waals surface area contributed by atoms with Crippen molar-refractivity contribution in [2.75, 3.05) is 0 Å². The van der Waals surface area contributed by atoms with Gasteiger partial charge in [0.1, 0.15) is 0 Å². The third-order valence-corrected chi connectivity index (χ3v) is 4.46. The Morgan fingerprint density at radius 3 is 1.23 bits per heavy atom. The molecule has 1 aliphatic carbocycles. The molecule has 1 aromatic carbocycles. The van der Waals surface area contributed by atoms with Gasteiger partial charge in [-0.2, -0.15) is 0 Å². The number of hydrogen-bond donors (Lipinski definition) is 2. The van der Waals surface area contributed by atoms with E-state index in [1.807, 2.05) is 0 Å². The zero-order chi connectivity index (χ0) is 23.2. The van der Waals surface area contributed by atoms with Crippen LogP contribution in [0.3, 0.4) is 0 Å². The summed E-state index contributed by atoms with van der Waals surface area (Å²) in [5, 5.41) is 0. The van der Waals surface area contributed by atoms with Gasteiger partial charge in [-0.25, -0.2) is 9.98 Å². The van der Waals surface area contributed by atoms with Gasteiger partial charge >= 0.3 is 0 Å². The van der Waals surface area contributed by atoms with Gasteiger partial charge in [0.2, 0.25) is 11.8 Å². The van der Waals surface area contributed by atoms with Crippen LogP contribution in [-0.2, 0) is 9.59 Å². The lowest BCUT2D eigenvalue weighted by molar-refractivity contribution is -0.121. The summed E-state index contributed by atoms with van der Waals surface area (Å²) in [5.41, 5.74) is 12.1. The van der Waals surface area contributed by atoms with Crippen molar-refractivity contribution in [3.63, 3.8) is 0 Å². The Labute approximate surface area is 174 Å². The molecule has 0 radical (unpaired) electrons. The largest absolute Gasteiger partial charge is 0.366 e. The lowest BCUT2D eigenvalue weighted by atomic mass is 9.70. The maximum Gasteiger partial charge on any atom is 0.257 e. The summed E-state index contributed by atoms with van der Waals surface area (Å²) in [5.74, 6) is -3.58. The fourth-order valence-corrected chi connectivity index (χ4v) is 2.77. The van der Waals surface area contributed by atoms with Gasteiger partial charge in [0.05, 0.1) is 11.8 Å². The highest BCUT2D eigenvalue weighted by atomic mass is 16.2. The molecule has 8 heteroatoms. The average Bonchev–Trinajstić information content (AvgIpc) is 2.72. The van der Waals surface area contributed by atoms with E-state index in [9.17, 15) is 19.2 Å². The minimum atomic E-state index is -0.739. The molecule has 1 aliphatic rings. The molecule has 154 valence electrons. The Kier molecular flexibility index (Phi) is 7.81. The summed E-state index contributed by atoms with van der Waals surface area (Å²) in [4.78, 5) is 51.4. The Morgan fingerprint density at radius 2 is 1.00 bits per heavy atom. The first kappa shape index (κ1) is 23.8. The number of hydrogen-bond acceptors (Lipinski definition) is 4. The second-order valence-electron chi connectivity index (χ2n) is 6.27. The number of primary amides is 2. The van der Waals surface area contributed by atoms with Crippen LogP contribution in [0.1, 0.15) is 20.7 Å². The molecule has 0 bridgehead atoms. The summed E-state index contributed by atoms with van der Waals surface area (Å²) in [6, 6.07) is 5.97. The molecule has 1 aromatic rings. The number of nitrogens with two attached hydrogens (primary N) is 2. The van der Waals surface area contributed by atoms with Crippen LogP contribution in [0.25, 0.3) is 0 Å². The maximum atomic E-state index is 11.7. The van der Waals surface area contributed by atoms with Crippen LogP contribution in [-0.4, -0.2) is 37.1 Å². The van der Waals surface area contributed by atoms with Gasteiger partial charge in [-0.15, -0.1) is 0 Å². The highest BCUT2D eigenvalue weighted by Crippen LogP contribution is 2.43. The molecule has 0 saturated heterocycles. The first-order valence-corrected chi connectivity index (χ1v) is 8.44. The molecular formula is C22H22N4O4. The summed E-state index contributed by atoms with van der Waals surface area (Å²) < 4.78 is 0. The van der Waals surface area contributed by atoms with Gasteiger partial charge < -0.3 is 11.5 Å². The number of nitrogens with zero attached hydrogens (tertiary/aromatic N) is 2. The Balaban J connectivity index is 0.000000325. The standard InChI is InChI=1S/C14H14N2O2.C8H8N2O2/c1-7-8(2)12(14(18)16-6)10(4)9(3)11(7)13(17)15-5;9-7(11)5-2-1-3-6(4-5)8(10)12/h11-12H,1-6H2;1-4H,(H2,9,11)(H2,10,12). The summed E-state index contributed by atoms with van der Waals surface area (Å²) in [7, 11) is 0. The fraction of sp³-hybridized carbons (Fsp3) is 0.0909. The fourth-order valence-electron chi connectivity index (χ4n) is 2.77. The molecule has 4 amide bonds. The minimum Gasteiger partial charge on any atom is -0.366 e. The predicted octanol–water partition coefficient (Wildman–Crippen LogP) is 1.80. The van der Waals surface area contributed by atoms with E-state index in [-0.39, 0.29) is 11.1 Å². The number of carbonyl (C=O) groups is 4. The van der Waals surface area contributed by atoms with Crippen LogP contribution in [0, 0.1) is 11.8 Å². The van der Waals surface area contributed by atoms with Gasteiger partial charge in [0.25, 0.3) is 11.8 Å². The van der Waals surface area contributed by atoms with Crippen molar-refractivity contribution in [2.24, 2.45) is 33.3 Å². The monoisotopic (exact) mass is 406 g/mol. The zero-order valence-electron chi connectivity index (χ0n) is 16.4. The molecular weight excluding hydrogens is 384 g/mol. The third kappa shape index (κ3) is 4.99. The SMILES string of the molecule is C=NC(=O)C1C(=C)C(=C)C(C(=O)N=C)C(=C)C1=C.NC(=O)c1cccc(C(N)=O)c1. The number of amides is 4. The summed E-state index contributed by atoms with van der Waals surface area (Å²) in [6.07, 6.45) is 0. The smallest absolute Gasteiger partial charge is 0.257 e. The topological polar surface area (TPSA) is 145 Å². The van der Waals surface area contributed by atoms with E-state index in [1.165, 1.54) is 18.2 Å². The summed E-state index contributed by atoms with van der Waals surface area (Å²) >= 11 is 0. The quantitative estimate of drug-likeness (QED) is 0.734. The molecule has 0 unspecified atom stereocenters. The highest BCUT2D eigenvalue weighted by molar-refractivity contribution is 5.98. The molecule has 4 N–H and O–H groups in total. The van der Waals surface area contributed by atoms with E-state index in [1.54, 1.807) is 6.07 Å². The van der Waals surface area contributed by atoms with Crippen molar-refractivity contribution in [3.8, 4) is 0 Å². The van der Waals surface area contributed by atoms with Gasteiger partial charge in [-0.1, -0.05) is 32.4 Å². The second kappa shape index (κ2) is 9.83. The predicted molar refractivity (Wildman–Crippen MR) is 116 cm³/mol. The van der Waals surface area contributed by atoms with E-state index in [0.29, 0.717) is 22.3 Å². The van der Waals surface area contributed by atoms with Crippen molar-refractivity contribution >= 4 is 37.1 Å². The molecule has 1 saturated carbocycles. The molecule has 30 heavy (non-hydrogen) atoms. The number of aliphatic imine (C=N–C) groups is 2.